The van der Waals surface area contributed by atoms with Gasteiger partial charge in [-0.3, -0.25) is 0 Å². The van der Waals surface area contributed by atoms with Crippen molar-refractivity contribution in [1.29, 1.82) is 0 Å². The van der Waals surface area contributed by atoms with E-state index in [1.54, 1.807) is 19.4 Å². The molecule has 21 heavy (non-hydrogen) atoms. The Morgan fingerprint density at radius 3 is 2.62 bits per heavy atom. The third kappa shape index (κ3) is 2.31. The molecular weight excluding hydrogens is 264 g/mol. The standard InChI is InChI=1S/C16H18N4O/c1-10(2)20-14-6-5-12(21-3)8-13(14)19-16(20)11-4-7-15(17)18-9-11/h4-10H,1-3H3,(H2,17,18). The zero-order valence-corrected chi connectivity index (χ0v) is 12.4. The molecule has 1 aromatic carbocycles. The topological polar surface area (TPSA) is 66.0 Å². The Morgan fingerprint density at radius 1 is 1.19 bits per heavy atom. The highest BCUT2D eigenvalue weighted by Crippen LogP contribution is 2.30. The minimum absolute atomic E-state index is 0.288. The first-order chi connectivity index (χ1) is 10.1. The number of hydrogen-bond acceptors (Lipinski definition) is 4. The molecule has 5 heteroatoms. The molecule has 3 aromatic rings. The van der Waals surface area contributed by atoms with Crippen LogP contribution in [0.3, 0.4) is 0 Å². The highest BCUT2D eigenvalue weighted by molar-refractivity contribution is 5.82. The van der Waals surface area contributed by atoms with Gasteiger partial charge in [0.05, 0.1) is 18.1 Å². The molecule has 3 rings (SSSR count). The minimum Gasteiger partial charge on any atom is -0.497 e. The van der Waals surface area contributed by atoms with E-state index in [1.807, 2.05) is 24.3 Å². The first-order valence-corrected chi connectivity index (χ1v) is 6.88. The largest absolute Gasteiger partial charge is 0.497 e. The van der Waals surface area contributed by atoms with Crippen LogP contribution in [0.2, 0.25) is 0 Å². The molecule has 2 heterocycles. The molecule has 0 saturated heterocycles. The third-order valence-corrected chi connectivity index (χ3v) is 3.46. The van der Waals surface area contributed by atoms with E-state index in [0.29, 0.717) is 5.82 Å². The van der Waals surface area contributed by atoms with Gasteiger partial charge in [0.15, 0.2) is 0 Å². The molecule has 0 bridgehead atoms. The lowest BCUT2D eigenvalue weighted by molar-refractivity contribution is 0.415. The number of benzene rings is 1. The van der Waals surface area contributed by atoms with Crippen molar-refractivity contribution in [1.82, 2.24) is 14.5 Å². The summed E-state index contributed by atoms with van der Waals surface area (Å²) in [7, 11) is 1.66. The molecule has 0 saturated carbocycles. The smallest absolute Gasteiger partial charge is 0.142 e. The first-order valence-electron chi connectivity index (χ1n) is 6.88. The van der Waals surface area contributed by atoms with Crippen molar-refractivity contribution in [2.75, 3.05) is 12.8 Å². The summed E-state index contributed by atoms with van der Waals surface area (Å²) in [6, 6.07) is 9.96. The molecule has 0 radical (unpaired) electrons. The number of nitrogen functional groups attached to an aromatic ring is 1. The maximum absolute atomic E-state index is 5.66. The van der Waals surface area contributed by atoms with Gasteiger partial charge in [-0.05, 0) is 38.1 Å². The Kier molecular flexibility index (Phi) is 3.25. The number of aromatic nitrogens is 3. The number of rotatable bonds is 3. The average Bonchev–Trinajstić information content (AvgIpc) is 2.86. The number of nitrogens with two attached hydrogens (primary N) is 1. The van der Waals surface area contributed by atoms with Crippen LogP contribution in [0.5, 0.6) is 5.75 Å². The number of methoxy groups -OCH3 is 1. The fourth-order valence-corrected chi connectivity index (χ4v) is 2.47. The Labute approximate surface area is 123 Å². The summed E-state index contributed by atoms with van der Waals surface area (Å²) in [6.45, 7) is 4.28. The lowest BCUT2D eigenvalue weighted by atomic mass is 10.2. The molecule has 0 fully saturated rings. The second kappa shape index (κ2) is 5.09. The molecule has 2 N–H and O–H groups in total. The van der Waals surface area contributed by atoms with E-state index in [-0.39, 0.29) is 6.04 Å². The second-order valence-electron chi connectivity index (χ2n) is 5.23. The maximum Gasteiger partial charge on any atom is 0.142 e. The molecule has 0 unspecified atom stereocenters. The summed E-state index contributed by atoms with van der Waals surface area (Å²) in [6.07, 6.45) is 1.76. The summed E-state index contributed by atoms with van der Waals surface area (Å²) in [5, 5.41) is 0. The van der Waals surface area contributed by atoms with Gasteiger partial charge in [-0.1, -0.05) is 0 Å². The van der Waals surface area contributed by atoms with Crippen LogP contribution in [0.4, 0.5) is 5.82 Å². The van der Waals surface area contributed by atoms with Gasteiger partial charge in [-0.15, -0.1) is 0 Å². The molecule has 0 spiro atoms. The van der Waals surface area contributed by atoms with Crippen LogP contribution in [-0.2, 0) is 0 Å². The number of anilines is 1. The number of hydrogen-bond donors (Lipinski definition) is 1. The van der Waals surface area contributed by atoms with E-state index in [9.17, 15) is 0 Å². The molecule has 0 amide bonds. The Balaban J connectivity index is 2.25. The number of pyridine rings is 1. The van der Waals surface area contributed by atoms with Crippen LogP contribution >= 0.6 is 0 Å². The summed E-state index contributed by atoms with van der Waals surface area (Å²) >= 11 is 0. The monoisotopic (exact) mass is 282 g/mol. The lowest BCUT2D eigenvalue weighted by Gasteiger charge is -2.13. The van der Waals surface area contributed by atoms with Crippen LogP contribution < -0.4 is 10.5 Å². The van der Waals surface area contributed by atoms with E-state index in [2.05, 4.69) is 23.4 Å². The molecule has 5 nitrogen and oxygen atoms in total. The first kappa shape index (κ1) is 13.4. The fraction of sp³-hybridized carbons (Fsp3) is 0.250. The Bertz CT molecular complexity index is 775. The van der Waals surface area contributed by atoms with Crippen LogP contribution in [0, 0.1) is 0 Å². The quantitative estimate of drug-likeness (QED) is 0.800. The van der Waals surface area contributed by atoms with E-state index >= 15 is 0 Å². The highest BCUT2D eigenvalue weighted by Gasteiger charge is 2.15. The van der Waals surface area contributed by atoms with Gasteiger partial charge < -0.3 is 15.0 Å². The van der Waals surface area contributed by atoms with E-state index in [4.69, 9.17) is 15.5 Å². The Morgan fingerprint density at radius 2 is 2.00 bits per heavy atom. The fourth-order valence-electron chi connectivity index (χ4n) is 2.47. The van der Waals surface area contributed by atoms with Crippen molar-refractivity contribution in [3.8, 4) is 17.1 Å². The minimum atomic E-state index is 0.288. The molecular formula is C16H18N4O. The lowest BCUT2D eigenvalue weighted by Crippen LogP contribution is -2.03. The van der Waals surface area contributed by atoms with Crippen molar-refractivity contribution in [2.45, 2.75) is 19.9 Å². The summed E-state index contributed by atoms with van der Waals surface area (Å²) in [4.78, 5) is 8.90. The normalized spacial score (nSPS) is 11.2. The number of fused-ring (bicyclic) bond motifs is 1. The number of imidazole rings is 1. The van der Waals surface area contributed by atoms with Gasteiger partial charge in [-0.2, -0.15) is 0 Å². The predicted molar refractivity (Wildman–Crippen MR) is 84.3 cm³/mol. The van der Waals surface area contributed by atoms with Crippen LogP contribution in [-0.4, -0.2) is 21.6 Å². The highest BCUT2D eigenvalue weighted by atomic mass is 16.5. The predicted octanol–water partition coefficient (Wildman–Crippen LogP) is 3.27. The van der Waals surface area contributed by atoms with E-state index in [0.717, 1.165) is 28.2 Å². The van der Waals surface area contributed by atoms with Gasteiger partial charge in [0, 0.05) is 23.9 Å². The van der Waals surface area contributed by atoms with E-state index in [1.165, 1.54) is 0 Å². The van der Waals surface area contributed by atoms with Gasteiger partial charge >= 0.3 is 0 Å². The molecule has 2 aromatic heterocycles. The van der Waals surface area contributed by atoms with Crippen LogP contribution in [0.15, 0.2) is 36.5 Å². The van der Waals surface area contributed by atoms with Crippen molar-refractivity contribution in [2.24, 2.45) is 0 Å². The third-order valence-electron chi connectivity index (χ3n) is 3.46. The van der Waals surface area contributed by atoms with Crippen molar-refractivity contribution in [3.05, 3.63) is 36.5 Å². The van der Waals surface area contributed by atoms with Crippen molar-refractivity contribution in [3.63, 3.8) is 0 Å². The van der Waals surface area contributed by atoms with Crippen molar-refractivity contribution >= 4 is 16.9 Å². The molecule has 0 aliphatic carbocycles. The Hall–Kier alpha value is -2.56. The number of ether oxygens (including phenoxy) is 1. The van der Waals surface area contributed by atoms with Gasteiger partial charge in [0.2, 0.25) is 0 Å². The zero-order valence-electron chi connectivity index (χ0n) is 12.4. The maximum atomic E-state index is 5.66. The van der Waals surface area contributed by atoms with Crippen LogP contribution in [0.1, 0.15) is 19.9 Å². The SMILES string of the molecule is COc1ccc2c(c1)nc(-c1ccc(N)nc1)n2C(C)C. The van der Waals surface area contributed by atoms with Gasteiger partial charge in [0.25, 0.3) is 0 Å². The van der Waals surface area contributed by atoms with E-state index < -0.39 is 0 Å². The molecule has 0 atom stereocenters. The molecule has 0 aliphatic rings. The van der Waals surface area contributed by atoms with Gasteiger partial charge in [0.1, 0.15) is 17.4 Å². The number of nitrogens with zero attached hydrogens (tertiary/aromatic N) is 3. The second-order valence-corrected chi connectivity index (χ2v) is 5.23. The zero-order chi connectivity index (χ0) is 15.0. The van der Waals surface area contributed by atoms with Gasteiger partial charge in [-0.25, -0.2) is 9.97 Å². The molecule has 108 valence electrons. The summed E-state index contributed by atoms with van der Waals surface area (Å²) in [5.41, 5.74) is 8.61. The molecule has 0 aliphatic heterocycles. The summed E-state index contributed by atoms with van der Waals surface area (Å²) < 4.78 is 7.47. The van der Waals surface area contributed by atoms with Crippen molar-refractivity contribution < 1.29 is 4.74 Å². The average molecular weight is 282 g/mol. The van der Waals surface area contributed by atoms with Crippen LogP contribution in [0.25, 0.3) is 22.4 Å². The summed E-state index contributed by atoms with van der Waals surface area (Å²) in [5.74, 6) is 2.20.